The Morgan fingerprint density at radius 3 is 2.79 bits per heavy atom. The summed E-state index contributed by atoms with van der Waals surface area (Å²) in [4.78, 5) is 25.2. The van der Waals surface area contributed by atoms with Gasteiger partial charge in [0.05, 0.1) is 24.1 Å². The lowest BCUT2D eigenvalue weighted by Crippen LogP contribution is -2.52. The van der Waals surface area contributed by atoms with E-state index < -0.39 is 12.1 Å². The van der Waals surface area contributed by atoms with Gasteiger partial charge in [0.1, 0.15) is 13.2 Å². The van der Waals surface area contributed by atoms with E-state index in [1.807, 2.05) is 0 Å². The molecule has 8 heteroatoms. The standard InChI is InChI=1S/C16H18ClNO6/c1-9-7-18(8-13(24-9)16(20)21)14(19)6-10-4-11(17)15-12(5-10)22-2-3-23-15/h4-5,9,13H,2-3,6-8H2,1H3,(H,20,21)/t9-,13?/m1/s1. The van der Waals surface area contributed by atoms with Crippen LogP contribution in [0, 0.1) is 0 Å². The maximum absolute atomic E-state index is 12.5. The number of benzene rings is 1. The molecule has 1 unspecified atom stereocenters. The third-order valence-corrected chi connectivity index (χ3v) is 4.18. The number of aliphatic carboxylic acids is 1. The van der Waals surface area contributed by atoms with Crippen molar-refractivity contribution in [2.45, 2.75) is 25.6 Å². The van der Waals surface area contributed by atoms with Crippen molar-refractivity contribution < 1.29 is 28.9 Å². The summed E-state index contributed by atoms with van der Waals surface area (Å²) in [5.41, 5.74) is 0.695. The van der Waals surface area contributed by atoms with Crippen LogP contribution in [0.3, 0.4) is 0 Å². The first-order valence-electron chi connectivity index (χ1n) is 7.68. The molecule has 2 aliphatic heterocycles. The number of carboxylic acid groups (broad SMARTS) is 1. The molecule has 0 aromatic heterocycles. The van der Waals surface area contributed by atoms with Gasteiger partial charge in [0.2, 0.25) is 5.91 Å². The van der Waals surface area contributed by atoms with Crippen LogP contribution in [0.15, 0.2) is 12.1 Å². The minimum Gasteiger partial charge on any atom is -0.486 e. The van der Waals surface area contributed by atoms with E-state index in [0.717, 1.165) is 0 Å². The fraction of sp³-hybridized carbons (Fsp3) is 0.500. The van der Waals surface area contributed by atoms with Crippen LogP contribution in [-0.4, -0.2) is 60.4 Å². The Balaban J connectivity index is 1.72. The summed E-state index contributed by atoms with van der Waals surface area (Å²) in [7, 11) is 0. The molecule has 3 rings (SSSR count). The number of carboxylic acids is 1. The molecule has 1 aromatic carbocycles. The minimum atomic E-state index is -1.07. The van der Waals surface area contributed by atoms with Gasteiger partial charge in [-0.25, -0.2) is 4.79 Å². The first kappa shape index (κ1) is 16.9. The van der Waals surface area contributed by atoms with Crippen molar-refractivity contribution in [3.05, 3.63) is 22.7 Å². The summed E-state index contributed by atoms with van der Waals surface area (Å²) in [6.45, 7) is 3.02. The molecule has 1 amide bonds. The van der Waals surface area contributed by atoms with E-state index >= 15 is 0 Å². The predicted octanol–water partition coefficient (Wildman–Crippen LogP) is 1.35. The lowest BCUT2D eigenvalue weighted by atomic mass is 10.1. The molecule has 0 spiro atoms. The molecule has 0 bridgehead atoms. The number of rotatable bonds is 3. The molecule has 0 saturated carbocycles. The van der Waals surface area contributed by atoms with Crippen LogP contribution in [0.1, 0.15) is 12.5 Å². The second kappa shape index (κ2) is 6.86. The maximum Gasteiger partial charge on any atom is 0.334 e. The SMILES string of the molecule is C[C@@H]1CN(C(=O)Cc2cc(Cl)c3c(c2)OCCO3)CC(C(=O)O)O1. The highest BCUT2D eigenvalue weighted by Crippen LogP contribution is 2.38. The first-order chi connectivity index (χ1) is 11.4. The average Bonchev–Trinajstić information content (AvgIpc) is 2.54. The number of carbonyl (C=O) groups excluding carboxylic acids is 1. The zero-order valence-electron chi connectivity index (χ0n) is 13.2. The molecule has 0 radical (unpaired) electrons. The Bertz CT molecular complexity index is 664. The Morgan fingerprint density at radius 1 is 1.29 bits per heavy atom. The zero-order chi connectivity index (χ0) is 17.3. The van der Waals surface area contributed by atoms with Crippen LogP contribution in [0.4, 0.5) is 0 Å². The Hall–Kier alpha value is -1.99. The normalized spacial score (nSPS) is 23.0. The second-order valence-corrected chi connectivity index (χ2v) is 6.26. The Morgan fingerprint density at radius 2 is 2.04 bits per heavy atom. The quantitative estimate of drug-likeness (QED) is 0.881. The summed E-state index contributed by atoms with van der Waals surface area (Å²) in [6, 6.07) is 3.41. The van der Waals surface area contributed by atoms with Gasteiger partial charge in [-0.05, 0) is 24.6 Å². The number of morpholine rings is 1. The van der Waals surface area contributed by atoms with E-state index in [2.05, 4.69) is 0 Å². The fourth-order valence-electron chi connectivity index (χ4n) is 2.84. The van der Waals surface area contributed by atoms with Crippen molar-refractivity contribution in [1.82, 2.24) is 4.90 Å². The third kappa shape index (κ3) is 3.57. The topological polar surface area (TPSA) is 85.3 Å². The van der Waals surface area contributed by atoms with Gasteiger partial charge >= 0.3 is 5.97 Å². The molecular weight excluding hydrogens is 338 g/mol. The van der Waals surface area contributed by atoms with Crippen molar-refractivity contribution in [3.63, 3.8) is 0 Å². The molecule has 1 saturated heterocycles. The van der Waals surface area contributed by atoms with Crippen LogP contribution in [0.5, 0.6) is 11.5 Å². The van der Waals surface area contributed by atoms with E-state index in [-0.39, 0.29) is 25.0 Å². The number of halogens is 1. The fourth-order valence-corrected chi connectivity index (χ4v) is 3.13. The number of carbonyl (C=O) groups is 2. The highest BCUT2D eigenvalue weighted by molar-refractivity contribution is 6.32. The number of hydrogen-bond acceptors (Lipinski definition) is 5. The number of ether oxygens (including phenoxy) is 3. The zero-order valence-corrected chi connectivity index (χ0v) is 13.9. The summed E-state index contributed by atoms with van der Waals surface area (Å²) in [5.74, 6) is -0.230. The molecule has 24 heavy (non-hydrogen) atoms. The lowest BCUT2D eigenvalue weighted by Gasteiger charge is -2.35. The van der Waals surface area contributed by atoms with Gasteiger partial charge in [-0.15, -0.1) is 0 Å². The largest absolute Gasteiger partial charge is 0.486 e. The van der Waals surface area contributed by atoms with E-state index in [1.54, 1.807) is 19.1 Å². The van der Waals surface area contributed by atoms with Crippen molar-refractivity contribution in [2.24, 2.45) is 0 Å². The van der Waals surface area contributed by atoms with Crippen LogP contribution >= 0.6 is 11.6 Å². The Labute approximate surface area is 144 Å². The number of hydrogen-bond donors (Lipinski definition) is 1. The molecule has 1 aromatic rings. The highest BCUT2D eigenvalue weighted by atomic mass is 35.5. The average molecular weight is 356 g/mol. The summed E-state index contributed by atoms with van der Waals surface area (Å²) >= 11 is 6.18. The molecule has 2 heterocycles. The Kier molecular flexibility index (Phi) is 4.82. The number of nitrogens with zero attached hydrogens (tertiary/aromatic N) is 1. The summed E-state index contributed by atoms with van der Waals surface area (Å²) in [6.07, 6.45) is -1.22. The molecule has 2 atom stereocenters. The monoisotopic (exact) mass is 355 g/mol. The van der Waals surface area contributed by atoms with Gasteiger partial charge in [-0.3, -0.25) is 4.79 Å². The van der Waals surface area contributed by atoms with Gasteiger partial charge in [0.25, 0.3) is 0 Å². The van der Waals surface area contributed by atoms with Crippen molar-refractivity contribution in [2.75, 3.05) is 26.3 Å². The van der Waals surface area contributed by atoms with E-state index in [9.17, 15) is 9.59 Å². The molecule has 1 fully saturated rings. The molecular formula is C16H18ClNO6. The summed E-state index contributed by atoms with van der Waals surface area (Å²) in [5, 5.41) is 9.50. The van der Waals surface area contributed by atoms with Gasteiger partial charge in [-0.2, -0.15) is 0 Å². The lowest BCUT2D eigenvalue weighted by molar-refractivity contribution is -0.166. The van der Waals surface area contributed by atoms with E-state index in [4.69, 9.17) is 30.9 Å². The third-order valence-electron chi connectivity index (χ3n) is 3.90. The number of amides is 1. The van der Waals surface area contributed by atoms with Crippen molar-refractivity contribution >= 4 is 23.5 Å². The molecule has 1 N–H and O–H groups in total. The van der Waals surface area contributed by atoms with Gasteiger partial charge < -0.3 is 24.2 Å². The van der Waals surface area contributed by atoms with E-state index in [1.165, 1.54) is 4.90 Å². The van der Waals surface area contributed by atoms with Crippen LogP contribution in [0.25, 0.3) is 0 Å². The van der Waals surface area contributed by atoms with Crippen molar-refractivity contribution in [1.29, 1.82) is 0 Å². The van der Waals surface area contributed by atoms with Gasteiger partial charge in [-0.1, -0.05) is 11.6 Å². The summed E-state index contributed by atoms with van der Waals surface area (Å²) < 4.78 is 16.3. The van der Waals surface area contributed by atoms with Gasteiger partial charge in [0, 0.05) is 6.54 Å². The van der Waals surface area contributed by atoms with Crippen LogP contribution in [-0.2, 0) is 20.7 Å². The molecule has 7 nitrogen and oxygen atoms in total. The highest BCUT2D eigenvalue weighted by Gasteiger charge is 2.32. The maximum atomic E-state index is 12.5. The van der Waals surface area contributed by atoms with Crippen LogP contribution < -0.4 is 9.47 Å². The predicted molar refractivity (Wildman–Crippen MR) is 84.7 cm³/mol. The molecule has 130 valence electrons. The van der Waals surface area contributed by atoms with Crippen LogP contribution in [0.2, 0.25) is 5.02 Å². The molecule has 0 aliphatic carbocycles. The molecule has 2 aliphatic rings. The van der Waals surface area contributed by atoms with E-state index in [0.29, 0.717) is 41.8 Å². The second-order valence-electron chi connectivity index (χ2n) is 5.85. The van der Waals surface area contributed by atoms with Crippen molar-refractivity contribution in [3.8, 4) is 11.5 Å². The van der Waals surface area contributed by atoms with Gasteiger partial charge in [0.15, 0.2) is 17.6 Å². The first-order valence-corrected chi connectivity index (χ1v) is 8.06. The smallest absolute Gasteiger partial charge is 0.334 e. The minimum absolute atomic E-state index is 0.0385. The number of fused-ring (bicyclic) bond motifs is 1.